The van der Waals surface area contributed by atoms with Crippen molar-refractivity contribution in [1.82, 2.24) is 4.90 Å². The highest BCUT2D eigenvalue weighted by Crippen LogP contribution is 2.14. The molecule has 0 saturated heterocycles. The van der Waals surface area contributed by atoms with E-state index in [0.717, 1.165) is 44.8 Å². The van der Waals surface area contributed by atoms with Crippen LogP contribution in [0.25, 0.3) is 0 Å². The summed E-state index contributed by atoms with van der Waals surface area (Å²) in [5, 5.41) is 0. The predicted molar refractivity (Wildman–Crippen MR) is 81.6 cm³/mol. The van der Waals surface area contributed by atoms with Crippen LogP contribution in [0.1, 0.15) is 56.3 Å². The summed E-state index contributed by atoms with van der Waals surface area (Å²) in [6.07, 6.45) is 4.62. The van der Waals surface area contributed by atoms with Crippen LogP contribution >= 0.6 is 0 Å². The lowest BCUT2D eigenvalue weighted by Crippen LogP contribution is -2.28. The highest BCUT2D eigenvalue weighted by atomic mass is 19.2. The molecule has 0 radical (unpaired) electrons. The second-order valence-electron chi connectivity index (χ2n) is 5.32. The topological polar surface area (TPSA) is 20.3 Å². The van der Waals surface area contributed by atoms with E-state index in [4.69, 9.17) is 0 Å². The van der Waals surface area contributed by atoms with Gasteiger partial charge in [0.2, 0.25) is 0 Å². The van der Waals surface area contributed by atoms with Gasteiger partial charge < -0.3 is 4.90 Å². The van der Waals surface area contributed by atoms with Gasteiger partial charge in [-0.25, -0.2) is 8.78 Å². The van der Waals surface area contributed by atoms with Crippen LogP contribution in [-0.2, 0) is 0 Å². The molecule has 0 spiro atoms. The molecule has 0 heterocycles. The quantitative estimate of drug-likeness (QED) is 0.595. The molecule has 2 nitrogen and oxygen atoms in total. The first-order valence-corrected chi connectivity index (χ1v) is 7.79. The Morgan fingerprint density at radius 2 is 1.67 bits per heavy atom. The van der Waals surface area contributed by atoms with Crippen molar-refractivity contribution in [3.63, 3.8) is 0 Å². The third-order valence-electron chi connectivity index (χ3n) is 3.56. The average Bonchev–Trinajstić information content (AvgIpc) is 2.49. The van der Waals surface area contributed by atoms with E-state index in [2.05, 4.69) is 18.7 Å². The smallest absolute Gasteiger partial charge is 0.169 e. The van der Waals surface area contributed by atoms with E-state index < -0.39 is 11.6 Å². The maximum atomic E-state index is 13.6. The number of unbranched alkanes of at least 4 members (excludes halogenated alkanes) is 2. The monoisotopic (exact) mass is 297 g/mol. The fourth-order valence-electron chi connectivity index (χ4n) is 2.21. The van der Waals surface area contributed by atoms with Gasteiger partial charge in [-0.3, -0.25) is 4.79 Å². The maximum Gasteiger partial charge on any atom is 0.169 e. The Labute approximate surface area is 126 Å². The average molecular weight is 297 g/mol. The fraction of sp³-hybridized carbons (Fsp3) is 0.588. The van der Waals surface area contributed by atoms with E-state index in [1.165, 1.54) is 12.1 Å². The number of nitrogens with zero attached hydrogens (tertiary/aromatic N) is 1. The van der Waals surface area contributed by atoms with Gasteiger partial charge in [0.1, 0.15) is 0 Å². The molecule has 0 amide bonds. The molecule has 0 saturated carbocycles. The number of hydrogen-bond acceptors (Lipinski definition) is 2. The first kappa shape index (κ1) is 17.8. The minimum absolute atomic E-state index is 0.138. The van der Waals surface area contributed by atoms with Crippen LogP contribution in [0.5, 0.6) is 0 Å². The molecule has 0 aliphatic heterocycles. The molecule has 0 unspecified atom stereocenters. The molecule has 118 valence electrons. The Bertz CT molecular complexity index is 440. The number of benzene rings is 1. The van der Waals surface area contributed by atoms with Crippen molar-refractivity contribution >= 4 is 5.78 Å². The zero-order chi connectivity index (χ0) is 15.7. The number of Topliss-reactive ketones (excluding diaryl/α,β-unsaturated/α-hetero) is 1. The van der Waals surface area contributed by atoms with E-state index in [1.54, 1.807) is 0 Å². The molecule has 0 fully saturated rings. The molecular formula is C17H25F2NO. The summed E-state index contributed by atoms with van der Waals surface area (Å²) in [6.45, 7) is 6.77. The summed E-state index contributed by atoms with van der Waals surface area (Å²) < 4.78 is 26.7. The lowest BCUT2D eigenvalue weighted by molar-refractivity contribution is 0.0958. The third kappa shape index (κ3) is 5.92. The summed E-state index contributed by atoms with van der Waals surface area (Å²) in [5.41, 5.74) is -0.138. The van der Waals surface area contributed by atoms with Gasteiger partial charge in [-0.05, 0) is 38.1 Å². The third-order valence-corrected chi connectivity index (χ3v) is 3.56. The first-order valence-electron chi connectivity index (χ1n) is 7.79. The SMILES string of the molecule is CCCCN(CCCC)CCC(=O)c1cccc(F)c1F. The molecule has 0 aliphatic carbocycles. The number of hydrogen-bond donors (Lipinski definition) is 0. The van der Waals surface area contributed by atoms with Gasteiger partial charge in [-0.2, -0.15) is 0 Å². The highest BCUT2D eigenvalue weighted by Gasteiger charge is 2.16. The van der Waals surface area contributed by atoms with E-state index >= 15 is 0 Å². The van der Waals surface area contributed by atoms with Crippen molar-refractivity contribution in [3.05, 3.63) is 35.4 Å². The molecule has 1 aromatic rings. The molecule has 1 aromatic carbocycles. The van der Waals surface area contributed by atoms with Gasteiger partial charge in [0.15, 0.2) is 17.4 Å². The molecule has 0 aliphatic rings. The Kier molecular flexibility index (Phi) is 8.13. The van der Waals surface area contributed by atoms with Gasteiger partial charge in [0.05, 0.1) is 5.56 Å². The molecule has 1 rings (SSSR count). The molecule has 4 heteroatoms. The van der Waals surface area contributed by atoms with Gasteiger partial charge in [-0.15, -0.1) is 0 Å². The number of halogens is 2. The van der Waals surface area contributed by atoms with E-state index in [9.17, 15) is 13.6 Å². The van der Waals surface area contributed by atoms with Gasteiger partial charge >= 0.3 is 0 Å². The Morgan fingerprint density at radius 1 is 1.05 bits per heavy atom. The standard InChI is InChI=1S/C17H25F2NO/c1-3-5-11-20(12-6-4-2)13-10-16(21)14-8-7-9-15(18)17(14)19/h7-9H,3-6,10-13H2,1-2H3. The second-order valence-corrected chi connectivity index (χ2v) is 5.32. The van der Waals surface area contributed by atoms with Crippen molar-refractivity contribution in [2.45, 2.75) is 46.0 Å². The van der Waals surface area contributed by atoms with Crippen LogP contribution in [0.15, 0.2) is 18.2 Å². The lowest BCUT2D eigenvalue weighted by Gasteiger charge is -2.21. The van der Waals surface area contributed by atoms with Crippen LogP contribution in [0.2, 0.25) is 0 Å². The minimum Gasteiger partial charge on any atom is -0.303 e. The Hall–Kier alpha value is -1.29. The van der Waals surface area contributed by atoms with Crippen molar-refractivity contribution in [1.29, 1.82) is 0 Å². The van der Waals surface area contributed by atoms with E-state index in [1.807, 2.05) is 0 Å². The molecule has 0 N–H and O–H groups in total. The summed E-state index contributed by atoms with van der Waals surface area (Å²) in [5.74, 6) is -2.32. The largest absolute Gasteiger partial charge is 0.303 e. The predicted octanol–water partition coefficient (Wildman–Crippen LogP) is 4.44. The van der Waals surface area contributed by atoms with Gasteiger partial charge in [0.25, 0.3) is 0 Å². The van der Waals surface area contributed by atoms with Crippen molar-refractivity contribution in [2.75, 3.05) is 19.6 Å². The fourth-order valence-corrected chi connectivity index (χ4v) is 2.21. The zero-order valence-electron chi connectivity index (χ0n) is 13.0. The molecule has 0 bridgehead atoms. The minimum atomic E-state index is -1.03. The van der Waals surface area contributed by atoms with E-state index in [0.29, 0.717) is 6.54 Å². The lowest BCUT2D eigenvalue weighted by atomic mass is 10.1. The van der Waals surface area contributed by atoms with Crippen LogP contribution in [0.4, 0.5) is 8.78 Å². The summed E-state index contributed by atoms with van der Waals surface area (Å²) in [7, 11) is 0. The number of carbonyl (C=O) groups excluding carboxylic acids is 1. The van der Waals surface area contributed by atoms with Crippen LogP contribution < -0.4 is 0 Å². The molecular weight excluding hydrogens is 272 g/mol. The Balaban J connectivity index is 2.57. The van der Waals surface area contributed by atoms with Crippen molar-refractivity contribution in [2.24, 2.45) is 0 Å². The normalized spacial score (nSPS) is 11.1. The summed E-state index contributed by atoms with van der Waals surface area (Å²) >= 11 is 0. The number of rotatable bonds is 10. The summed E-state index contributed by atoms with van der Waals surface area (Å²) in [4.78, 5) is 14.3. The zero-order valence-corrected chi connectivity index (χ0v) is 13.0. The van der Waals surface area contributed by atoms with Crippen LogP contribution in [-0.4, -0.2) is 30.3 Å². The first-order chi connectivity index (χ1) is 10.1. The van der Waals surface area contributed by atoms with Crippen molar-refractivity contribution < 1.29 is 13.6 Å². The van der Waals surface area contributed by atoms with Crippen LogP contribution in [0.3, 0.4) is 0 Å². The second kappa shape index (κ2) is 9.61. The van der Waals surface area contributed by atoms with Crippen molar-refractivity contribution in [3.8, 4) is 0 Å². The number of ketones is 1. The summed E-state index contributed by atoms with van der Waals surface area (Å²) in [6, 6.07) is 3.75. The maximum absolute atomic E-state index is 13.6. The van der Waals surface area contributed by atoms with E-state index in [-0.39, 0.29) is 17.8 Å². The van der Waals surface area contributed by atoms with Crippen LogP contribution in [0, 0.1) is 11.6 Å². The number of carbonyl (C=O) groups is 1. The molecule has 0 atom stereocenters. The highest BCUT2D eigenvalue weighted by molar-refractivity contribution is 5.96. The van der Waals surface area contributed by atoms with Gasteiger partial charge in [0, 0.05) is 13.0 Å². The molecule has 21 heavy (non-hydrogen) atoms. The molecule has 0 aromatic heterocycles. The van der Waals surface area contributed by atoms with Gasteiger partial charge in [-0.1, -0.05) is 32.8 Å². The Morgan fingerprint density at radius 3 is 2.24 bits per heavy atom.